The average Bonchev–Trinajstić information content (AvgIpc) is 2.59. The van der Waals surface area contributed by atoms with Gasteiger partial charge in [0.15, 0.2) is 0 Å². The number of ether oxygens (including phenoxy) is 2. The average molecular weight is 300 g/mol. The monoisotopic (exact) mass is 300 g/mol. The number of nitrogens with one attached hydrogen (secondary N) is 1. The van der Waals surface area contributed by atoms with Crippen molar-refractivity contribution in [3.63, 3.8) is 0 Å². The lowest BCUT2D eigenvalue weighted by atomic mass is 10.2. The van der Waals surface area contributed by atoms with Crippen molar-refractivity contribution in [2.75, 3.05) is 14.2 Å². The third-order valence-corrected chi connectivity index (χ3v) is 3.05. The molecule has 0 fully saturated rings. The predicted molar refractivity (Wildman–Crippen MR) is 79.7 cm³/mol. The van der Waals surface area contributed by atoms with Crippen molar-refractivity contribution < 1.29 is 19.1 Å². The largest absolute Gasteiger partial charge is 0.496 e. The van der Waals surface area contributed by atoms with Crippen LogP contribution in [0.5, 0.6) is 5.75 Å². The number of para-hydroxylation sites is 1. The topological polar surface area (TPSA) is 77.5 Å². The molecule has 1 heterocycles. The standard InChI is InChI=1S/C16H16N2O4/c1-21-14-6-4-3-5-11(14)9-18-15(19)13-8-7-12(10-17-13)16(20)22-2/h3-8,10H,9H2,1-2H3,(H,18,19). The van der Waals surface area contributed by atoms with E-state index in [9.17, 15) is 9.59 Å². The van der Waals surface area contributed by atoms with Crippen LogP contribution in [0.15, 0.2) is 42.6 Å². The van der Waals surface area contributed by atoms with Crippen molar-refractivity contribution >= 4 is 11.9 Å². The summed E-state index contributed by atoms with van der Waals surface area (Å²) in [6.45, 7) is 0.323. The van der Waals surface area contributed by atoms with E-state index in [1.54, 1.807) is 7.11 Å². The molecule has 2 rings (SSSR count). The molecule has 0 spiro atoms. The van der Waals surface area contributed by atoms with E-state index >= 15 is 0 Å². The molecule has 0 saturated heterocycles. The minimum absolute atomic E-state index is 0.225. The van der Waals surface area contributed by atoms with Gasteiger partial charge in [0.05, 0.1) is 19.8 Å². The molecule has 2 aromatic rings. The first-order valence-electron chi connectivity index (χ1n) is 6.60. The number of pyridine rings is 1. The molecule has 22 heavy (non-hydrogen) atoms. The lowest BCUT2D eigenvalue weighted by molar-refractivity contribution is 0.0599. The smallest absolute Gasteiger partial charge is 0.339 e. The van der Waals surface area contributed by atoms with Gasteiger partial charge in [0.25, 0.3) is 5.91 Å². The van der Waals surface area contributed by atoms with Crippen LogP contribution in [-0.4, -0.2) is 31.1 Å². The van der Waals surface area contributed by atoms with Crippen LogP contribution in [0.2, 0.25) is 0 Å². The van der Waals surface area contributed by atoms with Crippen LogP contribution in [-0.2, 0) is 11.3 Å². The number of hydrogen-bond acceptors (Lipinski definition) is 5. The number of aromatic nitrogens is 1. The number of methoxy groups -OCH3 is 2. The minimum atomic E-state index is -0.492. The molecule has 0 unspecified atom stereocenters. The van der Waals surface area contributed by atoms with Crippen molar-refractivity contribution in [1.82, 2.24) is 10.3 Å². The lowest BCUT2D eigenvalue weighted by Crippen LogP contribution is -2.24. The molecule has 0 aliphatic rings. The van der Waals surface area contributed by atoms with Crippen LogP contribution in [0.3, 0.4) is 0 Å². The summed E-state index contributed by atoms with van der Waals surface area (Å²) in [7, 11) is 2.87. The number of hydrogen-bond donors (Lipinski definition) is 1. The molecule has 6 nitrogen and oxygen atoms in total. The summed E-state index contributed by atoms with van der Waals surface area (Å²) in [5.74, 6) is -0.118. The molecule has 1 amide bonds. The Morgan fingerprint density at radius 3 is 2.55 bits per heavy atom. The quantitative estimate of drug-likeness (QED) is 0.852. The number of benzene rings is 1. The summed E-state index contributed by atoms with van der Waals surface area (Å²) in [6.07, 6.45) is 1.31. The van der Waals surface area contributed by atoms with E-state index in [0.717, 1.165) is 5.56 Å². The molecule has 0 bridgehead atoms. The number of carbonyl (C=O) groups is 2. The van der Waals surface area contributed by atoms with Crippen LogP contribution in [0, 0.1) is 0 Å². The molecule has 1 aromatic carbocycles. The predicted octanol–water partition coefficient (Wildman–Crippen LogP) is 1.81. The lowest BCUT2D eigenvalue weighted by Gasteiger charge is -2.09. The third kappa shape index (κ3) is 3.60. The molecule has 0 saturated carbocycles. The summed E-state index contributed by atoms with van der Waals surface area (Å²) in [6, 6.07) is 10.4. The zero-order chi connectivity index (χ0) is 15.9. The van der Waals surface area contributed by atoms with E-state index in [1.807, 2.05) is 24.3 Å². The highest BCUT2D eigenvalue weighted by atomic mass is 16.5. The highest BCUT2D eigenvalue weighted by Crippen LogP contribution is 2.16. The zero-order valence-electron chi connectivity index (χ0n) is 12.3. The molecular weight excluding hydrogens is 284 g/mol. The summed E-state index contributed by atoms with van der Waals surface area (Å²) >= 11 is 0. The van der Waals surface area contributed by atoms with Crippen LogP contribution in [0.4, 0.5) is 0 Å². The molecular formula is C16H16N2O4. The Bertz CT molecular complexity index is 668. The van der Waals surface area contributed by atoms with Crippen LogP contribution < -0.4 is 10.1 Å². The van der Waals surface area contributed by atoms with Gasteiger partial charge >= 0.3 is 5.97 Å². The maximum absolute atomic E-state index is 12.0. The Morgan fingerprint density at radius 2 is 1.91 bits per heavy atom. The van der Waals surface area contributed by atoms with E-state index in [0.29, 0.717) is 17.9 Å². The van der Waals surface area contributed by atoms with Crippen molar-refractivity contribution in [2.45, 2.75) is 6.54 Å². The highest BCUT2D eigenvalue weighted by molar-refractivity contribution is 5.94. The Balaban J connectivity index is 2.02. The number of nitrogens with zero attached hydrogens (tertiary/aromatic N) is 1. The van der Waals surface area contributed by atoms with Gasteiger partial charge in [0.2, 0.25) is 0 Å². The van der Waals surface area contributed by atoms with E-state index < -0.39 is 5.97 Å². The normalized spacial score (nSPS) is 9.91. The van der Waals surface area contributed by atoms with Gasteiger partial charge in [-0.2, -0.15) is 0 Å². The van der Waals surface area contributed by atoms with Crippen molar-refractivity contribution in [3.8, 4) is 5.75 Å². The fourth-order valence-corrected chi connectivity index (χ4v) is 1.88. The van der Waals surface area contributed by atoms with Crippen molar-refractivity contribution in [1.29, 1.82) is 0 Å². The number of esters is 1. The first kappa shape index (κ1) is 15.5. The molecule has 0 radical (unpaired) electrons. The highest BCUT2D eigenvalue weighted by Gasteiger charge is 2.11. The van der Waals surface area contributed by atoms with E-state index in [-0.39, 0.29) is 11.6 Å². The molecule has 114 valence electrons. The first-order valence-corrected chi connectivity index (χ1v) is 6.60. The zero-order valence-corrected chi connectivity index (χ0v) is 12.3. The minimum Gasteiger partial charge on any atom is -0.496 e. The van der Waals surface area contributed by atoms with Gasteiger partial charge in [-0.15, -0.1) is 0 Å². The summed E-state index contributed by atoms with van der Waals surface area (Å²) in [4.78, 5) is 27.3. The van der Waals surface area contributed by atoms with Crippen molar-refractivity contribution in [3.05, 3.63) is 59.4 Å². The molecule has 1 aromatic heterocycles. The van der Waals surface area contributed by atoms with Crippen LogP contribution >= 0.6 is 0 Å². The maximum atomic E-state index is 12.0. The Morgan fingerprint density at radius 1 is 1.14 bits per heavy atom. The fourth-order valence-electron chi connectivity index (χ4n) is 1.88. The summed E-state index contributed by atoms with van der Waals surface area (Å²) in [5.41, 5.74) is 1.39. The van der Waals surface area contributed by atoms with Gasteiger partial charge in [-0.3, -0.25) is 9.78 Å². The Hall–Kier alpha value is -2.89. The van der Waals surface area contributed by atoms with Crippen molar-refractivity contribution in [2.24, 2.45) is 0 Å². The molecule has 0 aliphatic carbocycles. The summed E-state index contributed by atoms with van der Waals surface area (Å²) < 4.78 is 9.79. The van der Waals surface area contributed by atoms with Gasteiger partial charge in [-0.05, 0) is 18.2 Å². The molecule has 6 heteroatoms. The van der Waals surface area contributed by atoms with Crippen LogP contribution in [0.1, 0.15) is 26.4 Å². The fraction of sp³-hybridized carbons (Fsp3) is 0.188. The van der Waals surface area contributed by atoms with E-state index in [2.05, 4.69) is 15.0 Å². The third-order valence-electron chi connectivity index (χ3n) is 3.05. The SMILES string of the molecule is COC(=O)c1ccc(C(=O)NCc2ccccc2OC)nc1. The Kier molecular flexibility index (Phi) is 5.08. The van der Waals surface area contributed by atoms with Gasteiger partial charge in [0, 0.05) is 18.3 Å². The Labute approximate surface area is 128 Å². The second-order valence-corrected chi connectivity index (χ2v) is 4.42. The first-order chi connectivity index (χ1) is 10.7. The second kappa shape index (κ2) is 7.21. The van der Waals surface area contributed by atoms with Crippen LogP contribution in [0.25, 0.3) is 0 Å². The number of carbonyl (C=O) groups excluding carboxylic acids is 2. The number of amides is 1. The maximum Gasteiger partial charge on any atom is 0.339 e. The van der Waals surface area contributed by atoms with Gasteiger partial charge in [-0.25, -0.2) is 4.79 Å². The van der Waals surface area contributed by atoms with Gasteiger partial charge < -0.3 is 14.8 Å². The molecule has 0 atom stereocenters. The van der Waals surface area contributed by atoms with E-state index in [4.69, 9.17) is 4.74 Å². The van der Waals surface area contributed by atoms with Gasteiger partial charge in [-0.1, -0.05) is 18.2 Å². The molecule has 0 aliphatic heterocycles. The second-order valence-electron chi connectivity index (χ2n) is 4.42. The number of rotatable bonds is 5. The van der Waals surface area contributed by atoms with Gasteiger partial charge in [0.1, 0.15) is 11.4 Å². The molecule has 1 N–H and O–H groups in total. The summed E-state index contributed by atoms with van der Waals surface area (Å²) in [5, 5.41) is 2.76. The van der Waals surface area contributed by atoms with E-state index in [1.165, 1.54) is 25.4 Å².